The van der Waals surface area contributed by atoms with E-state index in [1.807, 2.05) is 0 Å². The Balaban J connectivity index is 1.30. The maximum atomic E-state index is 2.45. The highest BCUT2D eigenvalue weighted by molar-refractivity contribution is 6.05. The summed E-state index contributed by atoms with van der Waals surface area (Å²) >= 11 is 0. The molecule has 0 amide bonds. The van der Waals surface area contributed by atoms with Gasteiger partial charge in [-0.05, 0) is 85.4 Å². The van der Waals surface area contributed by atoms with Crippen LogP contribution in [-0.2, 0) is 0 Å². The van der Waals surface area contributed by atoms with Crippen LogP contribution in [0.4, 0.5) is 17.1 Å². The lowest BCUT2D eigenvalue weighted by Crippen LogP contribution is -2.12. The lowest BCUT2D eigenvalue weighted by Gasteiger charge is -2.31. The van der Waals surface area contributed by atoms with Crippen molar-refractivity contribution in [1.82, 2.24) is 0 Å². The van der Waals surface area contributed by atoms with Crippen LogP contribution < -0.4 is 4.90 Å². The smallest absolute Gasteiger partial charge is 0.0546 e. The van der Waals surface area contributed by atoms with Crippen LogP contribution in [0.3, 0.4) is 0 Å². The van der Waals surface area contributed by atoms with Gasteiger partial charge < -0.3 is 4.90 Å². The second kappa shape index (κ2) is 13.3. The van der Waals surface area contributed by atoms with Gasteiger partial charge in [-0.25, -0.2) is 0 Å². The van der Waals surface area contributed by atoms with Gasteiger partial charge >= 0.3 is 0 Å². The predicted molar refractivity (Wildman–Crippen MR) is 218 cm³/mol. The molecule has 0 fully saturated rings. The van der Waals surface area contributed by atoms with Crippen LogP contribution in [0.2, 0.25) is 0 Å². The van der Waals surface area contributed by atoms with Crippen LogP contribution in [-0.4, -0.2) is 0 Å². The van der Waals surface area contributed by atoms with Gasteiger partial charge in [0.1, 0.15) is 0 Å². The van der Waals surface area contributed by atoms with Crippen molar-refractivity contribution in [3.05, 3.63) is 212 Å². The highest BCUT2D eigenvalue weighted by Gasteiger charge is 2.23. The predicted octanol–water partition coefficient (Wildman–Crippen LogP) is 14.1. The number of benzene rings is 9. The SMILES string of the molecule is c1ccc(-c2ccccc2-c2c(-c3ccccc3)cccc2N(c2ccc(-c3ccc4ccccc4c3)cc2)c2cccc3ccccc23)cc1. The van der Waals surface area contributed by atoms with Gasteiger partial charge in [0, 0.05) is 16.6 Å². The summed E-state index contributed by atoms with van der Waals surface area (Å²) in [6.07, 6.45) is 0. The van der Waals surface area contributed by atoms with Crippen molar-refractivity contribution in [2.24, 2.45) is 0 Å². The van der Waals surface area contributed by atoms with Gasteiger partial charge in [-0.2, -0.15) is 0 Å². The molecule has 9 aromatic rings. The van der Waals surface area contributed by atoms with E-state index in [2.05, 4.69) is 217 Å². The zero-order valence-electron chi connectivity index (χ0n) is 28.2. The van der Waals surface area contributed by atoms with Crippen LogP contribution in [0.15, 0.2) is 212 Å². The Hall–Kier alpha value is -6.70. The van der Waals surface area contributed by atoms with E-state index >= 15 is 0 Å². The molecule has 1 heteroatoms. The van der Waals surface area contributed by atoms with Gasteiger partial charge in [0.05, 0.1) is 11.4 Å². The Bertz CT molecular complexity index is 2620. The maximum absolute atomic E-state index is 2.45. The van der Waals surface area contributed by atoms with Crippen LogP contribution in [0.1, 0.15) is 0 Å². The second-order valence-electron chi connectivity index (χ2n) is 12.9. The zero-order chi connectivity index (χ0) is 34.0. The molecule has 0 aromatic heterocycles. The van der Waals surface area contributed by atoms with E-state index in [1.165, 1.54) is 66.1 Å². The quantitative estimate of drug-likeness (QED) is 0.166. The first kappa shape index (κ1) is 30.4. The van der Waals surface area contributed by atoms with Crippen LogP contribution >= 0.6 is 0 Å². The van der Waals surface area contributed by atoms with Crippen LogP contribution in [0.25, 0.3) is 66.1 Å². The van der Waals surface area contributed by atoms with Crippen molar-refractivity contribution in [2.75, 3.05) is 4.90 Å². The maximum Gasteiger partial charge on any atom is 0.0546 e. The molecule has 0 aliphatic heterocycles. The third kappa shape index (κ3) is 5.75. The summed E-state index contributed by atoms with van der Waals surface area (Å²) in [6, 6.07) is 76.7. The minimum Gasteiger partial charge on any atom is -0.309 e. The average molecular weight is 650 g/mol. The van der Waals surface area contributed by atoms with Gasteiger partial charge in [0.25, 0.3) is 0 Å². The van der Waals surface area contributed by atoms with E-state index in [0.29, 0.717) is 0 Å². The summed E-state index contributed by atoms with van der Waals surface area (Å²) in [5.41, 5.74) is 12.9. The van der Waals surface area contributed by atoms with Gasteiger partial charge in [0.15, 0.2) is 0 Å². The molecule has 0 saturated carbocycles. The van der Waals surface area contributed by atoms with Crippen molar-refractivity contribution in [3.8, 4) is 44.5 Å². The van der Waals surface area contributed by atoms with E-state index in [0.717, 1.165) is 17.1 Å². The minimum absolute atomic E-state index is 1.10. The van der Waals surface area contributed by atoms with Crippen molar-refractivity contribution in [2.45, 2.75) is 0 Å². The van der Waals surface area contributed by atoms with Crippen molar-refractivity contribution in [3.63, 3.8) is 0 Å². The Labute approximate surface area is 299 Å². The van der Waals surface area contributed by atoms with E-state index in [9.17, 15) is 0 Å². The van der Waals surface area contributed by atoms with E-state index in [1.54, 1.807) is 0 Å². The molecule has 0 aliphatic carbocycles. The minimum atomic E-state index is 1.10. The Morgan fingerprint density at radius 1 is 0.275 bits per heavy atom. The highest BCUT2D eigenvalue weighted by Crippen LogP contribution is 2.49. The molecule has 0 radical (unpaired) electrons. The number of rotatable bonds is 7. The Morgan fingerprint density at radius 2 is 0.804 bits per heavy atom. The number of hydrogen-bond donors (Lipinski definition) is 0. The number of hydrogen-bond acceptors (Lipinski definition) is 1. The third-order valence-electron chi connectivity index (χ3n) is 9.87. The highest BCUT2D eigenvalue weighted by atomic mass is 15.1. The molecule has 240 valence electrons. The summed E-state index contributed by atoms with van der Waals surface area (Å²) in [6.45, 7) is 0. The summed E-state index contributed by atoms with van der Waals surface area (Å²) < 4.78 is 0. The van der Waals surface area contributed by atoms with Crippen molar-refractivity contribution >= 4 is 38.6 Å². The van der Waals surface area contributed by atoms with E-state index in [-0.39, 0.29) is 0 Å². The Morgan fingerprint density at radius 3 is 1.57 bits per heavy atom. The molecule has 0 atom stereocenters. The van der Waals surface area contributed by atoms with Gasteiger partial charge in [-0.1, -0.05) is 182 Å². The topological polar surface area (TPSA) is 3.24 Å². The van der Waals surface area contributed by atoms with Gasteiger partial charge in [0.2, 0.25) is 0 Å². The molecule has 0 N–H and O–H groups in total. The fourth-order valence-corrected chi connectivity index (χ4v) is 7.42. The number of nitrogens with zero attached hydrogens (tertiary/aromatic N) is 1. The van der Waals surface area contributed by atoms with Crippen molar-refractivity contribution in [1.29, 1.82) is 0 Å². The second-order valence-corrected chi connectivity index (χ2v) is 12.9. The molecule has 0 heterocycles. The number of fused-ring (bicyclic) bond motifs is 2. The Kier molecular flexibility index (Phi) is 7.92. The number of anilines is 3. The van der Waals surface area contributed by atoms with Crippen LogP contribution in [0.5, 0.6) is 0 Å². The lowest BCUT2D eigenvalue weighted by atomic mass is 9.87. The molecule has 0 saturated heterocycles. The molecular formula is C50H35N. The molecule has 1 nitrogen and oxygen atoms in total. The standard InChI is InChI=1S/C50H35N/c1-3-16-38(17-4-1)44-23-11-12-25-47(44)50-46(40-18-5-2-6-19-40)26-14-28-49(50)51(48-27-13-22-39-20-9-10-24-45(39)48)43-33-31-37(32-34-43)42-30-29-36-15-7-8-21-41(36)35-42/h1-35H. The molecular weight excluding hydrogens is 615 g/mol. The summed E-state index contributed by atoms with van der Waals surface area (Å²) in [5, 5.41) is 4.90. The first-order chi connectivity index (χ1) is 25.3. The van der Waals surface area contributed by atoms with E-state index < -0.39 is 0 Å². The fourth-order valence-electron chi connectivity index (χ4n) is 7.42. The lowest BCUT2D eigenvalue weighted by molar-refractivity contribution is 1.30. The summed E-state index contributed by atoms with van der Waals surface area (Å²) in [7, 11) is 0. The molecule has 9 rings (SSSR count). The first-order valence-corrected chi connectivity index (χ1v) is 17.5. The molecule has 0 aliphatic rings. The van der Waals surface area contributed by atoms with E-state index in [4.69, 9.17) is 0 Å². The largest absolute Gasteiger partial charge is 0.309 e. The fraction of sp³-hybridized carbons (Fsp3) is 0. The summed E-state index contributed by atoms with van der Waals surface area (Å²) in [4.78, 5) is 2.45. The normalized spacial score (nSPS) is 11.1. The molecule has 0 spiro atoms. The van der Waals surface area contributed by atoms with Gasteiger partial charge in [-0.15, -0.1) is 0 Å². The monoisotopic (exact) mass is 649 g/mol. The molecule has 0 bridgehead atoms. The average Bonchev–Trinajstić information content (AvgIpc) is 3.22. The van der Waals surface area contributed by atoms with Gasteiger partial charge in [-0.3, -0.25) is 0 Å². The third-order valence-corrected chi connectivity index (χ3v) is 9.87. The molecule has 9 aromatic carbocycles. The first-order valence-electron chi connectivity index (χ1n) is 17.5. The van der Waals surface area contributed by atoms with Crippen molar-refractivity contribution < 1.29 is 0 Å². The van der Waals surface area contributed by atoms with Crippen LogP contribution in [0, 0.1) is 0 Å². The summed E-state index contributed by atoms with van der Waals surface area (Å²) in [5.74, 6) is 0. The molecule has 51 heavy (non-hydrogen) atoms. The zero-order valence-corrected chi connectivity index (χ0v) is 28.2. The molecule has 0 unspecified atom stereocenters.